The zero-order chi connectivity index (χ0) is 18.1. The molecule has 0 radical (unpaired) electrons. The number of hydrogen-bond acceptors (Lipinski definition) is 4. The smallest absolute Gasteiger partial charge is 0.253 e. The maximum atomic E-state index is 13.8. The minimum absolute atomic E-state index is 0.101. The van der Waals surface area contributed by atoms with Crippen molar-refractivity contribution in [3.8, 4) is 11.5 Å². The van der Waals surface area contributed by atoms with Crippen molar-refractivity contribution in [2.45, 2.75) is 18.6 Å². The van der Waals surface area contributed by atoms with Crippen LogP contribution in [0.1, 0.15) is 33.2 Å². The SMILES string of the molecule is Cc1ccc(C(=O)N2CCSC(c3ccc4c(c3)OCO4)CC2)cc1F. The molecule has 26 heavy (non-hydrogen) atoms. The Hall–Kier alpha value is -2.21. The van der Waals surface area contributed by atoms with Crippen LogP contribution in [0.3, 0.4) is 0 Å². The molecule has 1 amide bonds. The number of aryl methyl sites for hydroxylation is 1. The molecule has 2 aliphatic heterocycles. The Balaban J connectivity index is 1.46. The van der Waals surface area contributed by atoms with Crippen molar-refractivity contribution in [1.82, 2.24) is 4.90 Å². The first-order valence-electron chi connectivity index (χ1n) is 8.68. The normalized spacial score (nSPS) is 19.3. The first-order chi connectivity index (χ1) is 12.6. The summed E-state index contributed by atoms with van der Waals surface area (Å²) in [6, 6.07) is 10.7. The third kappa shape index (κ3) is 3.38. The van der Waals surface area contributed by atoms with Crippen molar-refractivity contribution in [2.75, 3.05) is 25.6 Å². The number of carbonyl (C=O) groups excluding carboxylic acids is 1. The topological polar surface area (TPSA) is 38.8 Å². The number of amides is 1. The highest BCUT2D eigenvalue weighted by Crippen LogP contribution is 2.40. The lowest BCUT2D eigenvalue weighted by molar-refractivity contribution is 0.0766. The van der Waals surface area contributed by atoms with E-state index in [0.717, 1.165) is 23.7 Å². The molecule has 1 fully saturated rings. The van der Waals surface area contributed by atoms with Crippen LogP contribution in [0.15, 0.2) is 36.4 Å². The number of hydrogen-bond donors (Lipinski definition) is 0. The third-order valence-corrected chi connectivity index (χ3v) is 6.14. The van der Waals surface area contributed by atoms with Crippen LogP contribution in [0.4, 0.5) is 4.39 Å². The van der Waals surface area contributed by atoms with Crippen LogP contribution in [0.25, 0.3) is 0 Å². The zero-order valence-electron chi connectivity index (χ0n) is 14.5. The van der Waals surface area contributed by atoms with Crippen molar-refractivity contribution in [2.24, 2.45) is 0 Å². The van der Waals surface area contributed by atoms with E-state index in [1.165, 1.54) is 11.6 Å². The Morgan fingerprint density at radius 1 is 1.15 bits per heavy atom. The summed E-state index contributed by atoms with van der Waals surface area (Å²) in [6.07, 6.45) is 0.852. The molecule has 4 rings (SSSR count). The molecule has 1 atom stereocenters. The Labute approximate surface area is 156 Å². The van der Waals surface area contributed by atoms with Crippen LogP contribution in [-0.2, 0) is 0 Å². The third-order valence-electron chi connectivity index (χ3n) is 4.82. The van der Waals surface area contributed by atoms with Crippen LogP contribution in [-0.4, -0.2) is 36.4 Å². The van der Waals surface area contributed by atoms with E-state index in [1.54, 1.807) is 19.1 Å². The fourth-order valence-electron chi connectivity index (χ4n) is 3.26. The van der Waals surface area contributed by atoms with Gasteiger partial charge >= 0.3 is 0 Å². The van der Waals surface area contributed by atoms with Crippen LogP contribution < -0.4 is 9.47 Å². The van der Waals surface area contributed by atoms with Gasteiger partial charge in [0.25, 0.3) is 5.91 Å². The van der Waals surface area contributed by atoms with Gasteiger partial charge in [0, 0.05) is 29.7 Å². The summed E-state index contributed by atoms with van der Waals surface area (Å²) in [5.41, 5.74) is 2.16. The van der Waals surface area contributed by atoms with Crippen molar-refractivity contribution >= 4 is 17.7 Å². The number of benzene rings is 2. The highest BCUT2D eigenvalue weighted by atomic mass is 32.2. The van der Waals surface area contributed by atoms with Gasteiger partial charge in [-0.05, 0) is 48.7 Å². The zero-order valence-corrected chi connectivity index (χ0v) is 15.4. The Morgan fingerprint density at radius 2 is 2.00 bits per heavy atom. The molecule has 0 aliphatic carbocycles. The van der Waals surface area contributed by atoms with Gasteiger partial charge in [0.05, 0.1) is 0 Å². The largest absolute Gasteiger partial charge is 0.454 e. The van der Waals surface area contributed by atoms with Gasteiger partial charge in [-0.3, -0.25) is 4.79 Å². The van der Waals surface area contributed by atoms with E-state index in [9.17, 15) is 9.18 Å². The lowest BCUT2D eigenvalue weighted by Crippen LogP contribution is -2.33. The summed E-state index contributed by atoms with van der Waals surface area (Å²) < 4.78 is 24.6. The number of rotatable bonds is 2. The molecule has 2 aliphatic rings. The van der Waals surface area contributed by atoms with Gasteiger partial charge in [-0.15, -0.1) is 0 Å². The van der Waals surface area contributed by atoms with Gasteiger partial charge in [-0.25, -0.2) is 4.39 Å². The number of carbonyl (C=O) groups is 1. The molecule has 0 saturated carbocycles. The second kappa shape index (κ2) is 7.19. The van der Waals surface area contributed by atoms with Crippen LogP contribution in [0.5, 0.6) is 11.5 Å². The predicted molar refractivity (Wildman–Crippen MR) is 99.4 cm³/mol. The molecule has 2 aromatic rings. The Morgan fingerprint density at radius 3 is 2.85 bits per heavy atom. The summed E-state index contributed by atoms with van der Waals surface area (Å²) in [4.78, 5) is 14.5. The summed E-state index contributed by atoms with van der Waals surface area (Å²) in [5, 5.41) is 0.303. The highest BCUT2D eigenvalue weighted by Gasteiger charge is 2.24. The molecule has 4 nitrogen and oxygen atoms in total. The molecular weight excluding hydrogens is 353 g/mol. The number of halogens is 1. The fourth-order valence-corrected chi connectivity index (χ4v) is 4.48. The van der Waals surface area contributed by atoms with E-state index in [-0.39, 0.29) is 18.5 Å². The molecule has 6 heteroatoms. The molecule has 0 spiro atoms. The molecule has 0 bridgehead atoms. The van der Waals surface area contributed by atoms with E-state index in [2.05, 4.69) is 6.07 Å². The lowest BCUT2D eigenvalue weighted by Gasteiger charge is -2.20. The number of nitrogens with zero attached hydrogens (tertiary/aromatic N) is 1. The molecule has 1 unspecified atom stereocenters. The first kappa shape index (κ1) is 17.2. The molecular formula is C20H20FNO3S. The van der Waals surface area contributed by atoms with Gasteiger partial charge in [0.1, 0.15) is 5.82 Å². The van der Waals surface area contributed by atoms with Crippen LogP contribution >= 0.6 is 11.8 Å². The maximum Gasteiger partial charge on any atom is 0.253 e. The van der Waals surface area contributed by atoms with Crippen molar-refractivity contribution in [3.05, 3.63) is 58.9 Å². The fraction of sp³-hybridized carbons (Fsp3) is 0.350. The summed E-state index contributed by atoms with van der Waals surface area (Å²) in [6.45, 7) is 3.29. The van der Waals surface area contributed by atoms with Crippen LogP contribution in [0, 0.1) is 12.7 Å². The van der Waals surface area contributed by atoms with E-state index in [0.29, 0.717) is 29.5 Å². The average Bonchev–Trinajstić information content (AvgIpc) is 2.98. The molecule has 0 N–H and O–H groups in total. The standard InChI is InChI=1S/C20H20FNO3S/c1-13-2-3-15(10-16(13)21)20(23)22-7-6-19(26-9-8-22)14-4-5-17-18(11-14)25-12-24-17/h2-5,10-11,19H,6-9,12H2,1H3. The van der Waals surface area contributed by atoms with Gasteiger partial charge in [0.2, 0.25) is 6.79 Å². The van der Waals surface area contributed by atoms with Crippen molar-refractivity contribution in [3.63, 3.8) is 0 Å². The average molecular weight is 373 g/mol. The van der Waals surface area contributed by atoms with E-state index < -0.39 is 0 Å². The molecule has 0 aromatic heterocycles. The van der Waals surface area contributed by atoms with Gasteiger partial charge in [0.15, 0.2) is 11.5 Å². The molecule has 1 saturated heterocycles. The quantitative estimate of drug-likeness (QED) is 0.792. The molecule has 2 aromatic carbocycles. The van der Waals surface area contributed by atoms with Gasteiger partial charge in [-0.1, -0.05) is 12.1 Å². The summed E-state index contributed by atoms with van der Waals surface area (Å²) in [7, 11) is 0. The first-order valence-corrected chi connectivity index (χ1v) is 9.73. The number of thioether (sulfide) groups is 1. The second-order valence-corrected chi connectivity index (χ2v) is 7.83. The van der Waals surface area contributed by atoms with Crippen LogP contribution in [0.2, 0.25) is 0 Å². The Bertz CT molecular complexity index is 842. The number of fused-ring (bicyclic) bond motifs is 1. The Kier molecular flexibility index (Phi) is 4.76. The van der Waals surface area contributed by atoms with Gasteiger partial charge in [-0.2, -0.15) is 11.8 Å². The lowest BCUT2D eigenvalue weighted by atomic mass is 10.1. The van der Waals surface area contributed by atoms with E-state index >= 15 is 0 Å². The predicted octanol–water partition coefficient (Wildman–Crippen LogP) is 4.18. The second-order valence-electron chi connectivity index (χ2n) is 6.52. The number of ether oxygens (including phenoxy) is 2. The summed E-state index contributed by atoms with van der Waals surface area (Å²) in [5.74, 6) is 1.98. The van der Waals surface area contributed by atoms with E-state index in [4.69, 9.17) is 9.47 Å². The summed E-state index contributed by atoms with van der Waals surface area (Å²) >= 11 is 1.84. The minimum atomic E-state index is -0.335. The van der Waals surface area contributed by atoms with Gasteiger partial charge < -0.3 is 14.4 Å². The minimum Gasteiger partial charge on any atom is -0.454 e. The van der Waals surface area contributed by atoms with E-state index in [1.807, 2.05) is 28.8 Å². The highest BCUT2D eigenvalue weighted by molar-refractivity contribution is 7.99. The van der Waals surface area contributed by atoms with Crippen molar-refractivity contribution < 1.29 is 18.7 Å². The van der Waals surface area contributed by atoms with Crippen molar-refractivity contribution in [1.29, 1.82) is 0 Å². The molecule has 2 heterocycles. The monoisotopic (exact) mass is 373 g/mol. The maximum absolute atomic E-state index is 13.8. The molecule has 136 valence electrons.